The Morgan fingerprint density at radius 2 is 2.15 bits per heavy atom. The van der Waals surface area contributed by atoms with E-state index in [1.165, 1.54) is 31.1 Å². The molecule has 0 unspecified atom stereocenters. The van der Waals surface area contributed by atoms with E-state index in [9.17, 15) is 23.0 Å². The number of carbonyl (C=O) groups is 3. The van der Waals surface area contributed by atoms with E-state index in [1.807, 2.05) is 0 Å². The third kappa shape index (κ3) is 3.53. The molecule has 2 heterocycles. The average Bonchev–Trinajstić information content (AvgIpc) is 3.05. The molecule has 0 aliphatic carbocycles. The Morgan fingerprint density at radius 3 is 2.74 bits per heavy atom. The molecule has 0 spiro atoms. The predicted octanol–water partition coefficient (Wildman–Crippen LogP) is 1.40. The monoisotopic (exact) mass is 397 g/mol. The Kier molecular flexibility index (Phi) is 5.18. The number of ether oxygens (including phenoxy) is 1. The van der Waals surface area contributed by atoms with Crippen molar-refractivity contribution in [2.75, 3.05) is 31.3 Å². The van der Waals surface area contributed by atoms with Crippen LogP contribution in [0.4, 0.5) is 14.9 Å². The predicted molar refractivity (Wildman–Crippen MR) is 96.4 cm³/mol. The summed E-state index contributed by atoms with van der Waals surface area (Å²) in [6.07, 6.45) is -1.32. The SMILES string of the molecule is CN=[S@]1(=O)CC[C@@H](c2ccc(N3C[C@H](C(=O)NC)OC3=O)cc2F)CC1=O. The summed E-state index contributed by atoms with van der Waals surface area (Å²) in [7, 11) is -0.0579. The van der Waals surface area contributed by atoms with E-state index in [0.717, 1.165) is 0 Å². The minimum absolute atomic E-state index is 0.0146. The second kappa shape index (κ2) is 7.26. The molecule has 1 N–H and O–H groups in total. The molecule has 2 amide bonds. The van der Waals surface area contributed by atoms with Gasteiger partial charge in [0.25, 0.3) is 5.91 Å². The Labute approximate surface area is 156 Å². The van der Waals surface area contributed by atoms with Crippen LogP contribution in [0.15, 0.2) is 22.6 Å². The summed E-state index contributed by atoms with van der Waals surface area (Å²) in [4.78, 5) is 36.9. The second-order valence-corrected chi connectivity index (χ2v) is 8.90. The van der Waals surface area contributed by atoms with Gasteiger partial charge in [0.2, 0.25) is 5.12 Å². The number of nitrogens with zero attached hydrogens (tertiary/aromatic N) is 2. The maximum Gasteiger partial charge on any atom is 0.415 e. The number of nitrogens with one attached hydrogen (secondary N) is 1. The minimum Gasteiger partial charge on any atom is -0.434 e. The largest absolute Gasteiger partial charge is 0.434 e. The van der Waals surface area contributed by atoms with E-state index in [0.29, 0.717) is 12.0 Å². The fraction of sp³-hybridized carbons (Fsp3) is 0.471. The molecule has 0 radical (unpaired) electrons. The molecule has 1 aromatic rings. The van der Waals surface area contributed by atoms with Gasteiger partial charge in [-0.25, -0.2) is 17.8 Å². The topological polar surface area (TPSA) is 105 Å². The number of amides is 2. The van der Waals surface area contributed by atoms with Crippen LogP contribution in [0.1, 0.15) is 24.3 Å². The number of anilines is 1. The molecule has 27 heavy (non-hydrogen) atoms. The molecule has 2 fully saturated rings. The lowest BCUT2D eigenvalue weighted by Crippen LogP contribution is -2.35. The van der Waals surface area contributed by atoms with E-state index in [2.05, 4.69) is 9.68 Å². The van der Waals surface area contributed by atoms with Gasteiger partial charge in [0.15, 0.2) is 6.10 Å². The normalized spacial score (nSPS) is 28.0. The van der Waals surface area contributed by atoms with Crippen molar-refractivity contribution in [3.8, 4) is 0 Å². The average molecular weight is 397 g/mol. The van der Waals surface area contributed by atoms with Gasteiger partial charge >= 0.3 is 6.09 Å². The number of hydrogen-bond acceptors (Lipinski definition) is 6. The molecule has 10 heteroatoms. The van der Waals surface area contributed by atoms with Crippen LogP contribution in [-0.2, 0) is 24.1 Å². The Hall–Kier alpha value is -2.49. The molecule has 3 rings (SSSR count). The first-order valence-electron chi connectivity index (χ1n) is 8.44. The molecule has 3 atom stereocenters. The standard InChI is InChI=1S/C17H20FN3O5S/c1-19-16(23)14-9-21(17(24)26-14)11-3-4-12(13(18)8-11)10-5-6-27(25,20-2)15(22)7-10/h3-4,8,10,14H,5-7,9H2,1-2H3,(H,19,23)/t10-,14-,27+/m1/s1. The van der Waals surface area contributed by atoms with E-state index in [4.69, 9.17) is 4.74 Å². The van der Waals surface area contributed by atoms with Crippen LogP contribution in [0.25, 0.3) is 0 Å². The van der Waals surface area contributed by atoms with Gasteiger partial charge in [-0.3, -0.25) is 14.5 Å². The third-order valence-corrected chi connectivity index (χ3v) is 7.15. The molecule has 2 saturated heterocycles. The summed E-state index contributed by atoms with van der Waals surface area (Å²) in [5.74, 6) is -1.27. The van der Waals surface area contributed by atoms with E-state index in [1.54, 1.807) is 6.07 Å². The van der Waals surface area contributed by atoms with Crippen molar-refractivity contribution in [2.24, 2.45) is 4.36 Å². The van der Waals surface area contributed by atoms with Gasteiger partial charge in [0, 0.05) is 26.3 Å². The van der Waals surface area contributed by atoms with E-state index >= 15 is 0 Å². The lowest BCUT2D eigenvalue weighted by Gasteiger charge is -2.24. The van der Waals surface area contributed by atoms with Gasteiger partial charge in [0.05, 0.1) is 12.2 Å². The van der Waals surface area contributed by atoms with E-state index in [-0.39, 0.29) is 30.3 Å². The molecule has 2 aliphatic rings. The summed E-state index contributed by atoms with van der Waals surface area (Å²) in [5.41, 5.74) is 0.599. The smallest absolute Gasteiger partial charge is 0.415 e. The van der Waals surface area contributed by atoms with E-state index < -0.39 is 38.8 Å². The van der Waals surface area contributed by atoms with Gasteiger partial charge in [-0.2, -0.15) is 0 Å². The van der Waals surface area contributed by atoms with Crippen molar-refractivity contribution in [1.82, 2.24) is 5.32 Å². The van der Waals surface area contributed by atoms with Gasteiger partial charge in [-0.15, -0.1) is 0 Å². The lowest BCUT2D eigenvalue weighted by molar-refractivity contribution is -0.127. The van der Waals surface area contributed by atoms with Crippen LogP contribution in [0, 0.1) is 5.82 Å². The summed E-state index contributed by atoms with van der Waals surface area (Å²) in [6.45, 7) is -0.0146. The number of hydrogen-bond donors (Lipinski definition) is 1. The number of rotatable bonds is 3. The molecular weight excluding hydrogens is 377 g/mol. The zero-order chi connectivity index (χ0) is 19.8. The fourth-order valence-corrected chi connectivity index (χ4v) is 4.97. The first kappa shape index (κ1) is 19.3. The summed E-state index contributed by atoms with van der Waals surface area (Å²) in [5, 5.41) is 1.94. The molecule has 1 aromatic carbocycles. The third-order valence-electron chi connectivity index (χ3n) is 4.89. The molecule has 146 valence electrons. The van der Waals surface area contributed by atoms with Crippen LogP contribution in [0.2, 0.25) is 0 Å². The van der Waals surface area contributed by atoms with Crippen molar-refractivity contribution in [3.05, 3.63) is 29.6 Å². The Bertz CT molecular complexity index is 925. The first-order chi connectivity index (χ1) is 12.8. The van der Waals surface area contributed by atoms with Crippen molar-refractivity contribution < 1.29 is 27.7 Å². The van der Waals surface area contributed by atoms with Crippen LogP contribution >= 0.6 is 0 Å². The van der Waals surface area contributed by atoms with Crippen LogP contribution < -0.4 is 10.2 Å². The van der Waals surface area contributed by atoms with Crippen molar-refractivity contribution >= 4 is 32.5 Å². The maximum atomic E-state index is 14.7. The highest BCUT2D eigenvalue weighted by Gasteiger charge is 2.37. The molecule has 0 bridgehead atoms. The number of likely N-dealkylation sites (N-methyl/N-ethyl adjacent to an activating group) is 1. The second-order valence-electron chi connectivity index (χ2n) is 6.39. The van der Waals surface area contributed by atoms with Gasteiger partial charge < -0.3 is 10.1 Å². The summed E-state index contributed by atoms with van der Waals surface area (Å²) in [6, 6.07) is 4.25. The number of benzene rings is 1. The molecule has 8 nitrogen and oxygen atoms in total. The summed E-state index contributed by atoms with van der Waals surface area (Å²) < 4.78 is 35.6. The van der Waals surface area contributed by atoms with Crippen molar-refractivity contribution in [2.45, 2.75) is 24.9 Å². The minimum atomic E-state index is -2.85. The highest BCUT2D eigenvalue weighted by Crippen LogP contribution is 2.34. The van der Waals surface area contributed by atoms with Crippen LogP contribution in [0.5, 0.6) is 0 Å². The highest BCUT2D eigenvalue weighted by atomic mass is 32.2. The van der Waals surface area contributed by atoms with Crippen molar-refractivity contribution in [1.29, 1.82) is 0 Å². The van der Waals surface area contributed by atoms with Gasteiger partial charge in [-0.1, -0.05) is 6.07 Å². The first-order valence-corrected chi connectivity index (χ1v) is 10.1. The molecule has 0 aromatic heterocycles. The zero-order valence-electron chi connectivity index (χ0n) is 14.9. The lowest BCUT2D eigenvalue weighted by atomic mass is 9.92. The fourth-order valence-electron chi connectivity index (χ4n) is 3.29. The van der Waals surface area contributed by atoms with Crippen LogP contribution in [-0.4, -0.2) is 53.8 Å². The number of carbonyl (C=O) groups excluding carboxylic acids is 3. The highest BCUT2D eigenvalue weighted by molar-refractivity contribution is 8.08. The molecule has 0 saturated carbocycles. The number of halogens is 1. The molecule has 2 aliphatic heterocycles. The maximum absolute atomic E-state index is 14.7. The summed E-state index contributed by atoms with van der Waals surface area (Å²) >= 11 is 0. The van der Waals surface area contributed by atoms with Gasteiger partial charge in [0.1, 0.15) is 15.5 Å². The van der Waals surface area contributed by atoms with Crippen LogP contribution in [0.3, 0.4) is 0 Å². The molecular formula is C17H20FN3O5S. The Morgan fingerprint density at radius 1 is 1.41 bits per heavy atom. The van der Waals surface area contributed by atoms with Gasteiger partial charge in [-0.05, 0) is 30.0 Å². The Balaban J connectivity index is 1.79. The number of cyclic esters (lactones) is 1. The quantitative estimate of drug-likeness (QED) is 0.830. The van der Waals surface area contributed by atoms with Crippen molar-refractivity contribution in [3.63, 3.8) is 0 Å². The zero-order valence-corrected chi connectivity index (χ0v) is 15.8.